The van der Waals surface area contributed by atoms with Gasteiger partial charge in [-0.05, 0) is 56.0 Å². The van der Waals surface area contributed by atoms with Crippen molar-refractivity contribution < 1.29 is 4.39 Å². The van der Waals surface area contributed by atoms with Crippen LogP contribution in [0.3, 0.4) is 0 Å². The fourth-order valence-electron chi connectivity index (χ4n) is 2.92. The van der Waals surface area contributed by atoms with Crippen LogP contribution >= 0.6 is 0 Å². The number of piperidine rings is 1. The fraction of sp³-hybridized carbons (Fsp3) is 0.625. The quantitative estimate of drug-likeness (QED) is 0.903. The maximum absolute atomic E-state index is 13.1. The highest BCUT2D eigenvalue weighted by Gasteiger charge is 2.28. The van der Waals surface area contributed by atoms with Crippen LogP contribution in [0.4, 0.5) is 4.39 Å². The molecule has 1 aliphatic heterocycles. The molecule has 1 aliphatic rings. The van der Waals surface area contributed by atoms with Crippen LogP contribution in [0.25, 0.3) is 0 Å². The lowest BCUT2D eigenvalue weighted by atomic mass is 9.91. The molecule has 0 bridgehead atoms. The van der Waals surface area contributed by atoms with Gasteiger partial charge in [0.15, 0.2) is 0 Å². The van der Waals surface area contributed by atoms with Crippen molar-refractivity contribution in [1.82, 2.24) is 4.90 Å². The third-order valence-corrected chi connectivity index (χ3v) is 4.30. The number of halogens is 1. The maximum atomic E-state index is 13.1. The first-order valence-corrected chi connectivity index (χ1v) is 7.37. The van der Waals surface area contributed by atoms with Crippen LogP contribution in [0.1, 0.15) is 44.7 Å². The van der Waals surface area contributed by atoms with Gasteiger partial charge in [0.1, 0.15) is 5.82 Å². The Bertz CT molecular complexity index is 382. The Labute approximate surface area is 115 Å². The molecule has 2 rings (SSSR count). The molecule has 1 aromatic rings. The minimum atomic E-state index is -0.181. The molecule has 0 spiro atoms. The lowest BCUT2D eigenvalue weighted by molar-refractivity contribution is 0.119. The average molecular weight is 264 g/mol. The molecule has 2 N–H and O–H groups in total. The molecule has 0 amide bonds. The van der Waals surface area contributed by atoms with Crippen molar-refractivity contribution in [2.75, 3.05) is 13.1 Å². The van der Waals surface area contributed by atoms with Gasteiger partial charge in [-0.1, -0.05) is 26.0 Å². The smallest absolute Gasteiger partial charge is 0.123 e. The number of benzene rings is 1. The second kappa shape index (κ2) is 6.49. The third-order valence-electron chi connectivity index (χ3n) is 4.30. The van der Waals surface area contributed by atoms with Crippen molar-refractivity contribution in [3.05, 3.63) is 35.6 Å². The zero-order chi connectivity index (χ0) is 13.8. The third kappa shape index (κ3) is 3.54. The van der Waals surface area contributed by atoms with E-state index in [2.05, 4.69) is 18.7 Å². The zero-order valence-corrected chi connectivity index (χ0v) is 12.0. The van der Waals surface area contributed by atoms with Crippen LogP contribution in [0, 0.1) is 11.7 Å². The molecule has 0 aliphatic carbocycles. The first kappa shape index (κ1) is 14.5. The van der Waals surface area contributed by atoms with Crippen LogP contribution in [0.2, 0.25) is 0 Å². The molecule has 1 fully saturated rings. The Kier molecular flexibility index (Phi) is 4.94. The molecule has 19 heavy (non-hydrogen) atoms. The maximum Gasteiger partial charge on any atom is 0.123 e. The van der Waals surface area contributed by atoms with Gasteiger partial charge in [-0.2, -0.15) is 0 Å². The predicted molar refractivity (Wildman–Crippen MR) is 77.4 cm³/mol. The number of rotatable bonds is 4. The SMILES string of the molecule is CCC(N)C(c1ccc(F)cc1)N1CCC(C)CC1. The van der Waals surface area contributed by atoms with Gasteiger partial charge in [-0.25, -0.2) is 4.39 Å². The molecule has 1 aromatic carbocycles. The van der Waals surface area contributed by atoms with E-state index in [0.29, 0.717) is 0 Å². The van der Waals surface area contributed by atoms with E-state index in [1.807, 2.05) is 12.1 Å². The molecule has 2 unspecified atom stereocenters. The number of hydrogen-bond acceptors (Lipinski definition) is 2. The molecule has 3 heteroatoms. The van der Waals surface area contributed by atoms with Crippen molar-refractivity contribution >= 4 is 0 Å². The van der Waals surface area contributed by atoms with Crippen LogP contribution in [0.15, 0.2) is 24.3 Å². The van der Waals surface area contributed by atoms with Gasteiger partial charge in [-0.3, -0.25) is 4.90 Å². The minimum Gasteiger partial charge on any atom is -0.326 e. The van der Waals surface area contributed by atoms with E-state index in [1.54, 1.807) is 0 Å². The van der Waals surface area contributed by atoms with Crippen molar-refractivity contribution in [2.24, 2.45) is 11.7 Å². The summed E-state index contributed by atoms with van der Waals surface area (Å²) in [4.78, 5) is 2.47. The summed E-state index contributed by atoms with van der Waals surface area (Å²) >= 11 is 0. The van der Waals surface area contributed by atoms with Crippen LogP contribution in [-0.2, 0) is 0 Å². The summed E-state index contributed by atoms with van der Waals surface area (Å²) in [6, 6.07) is 7.17. The lowest BCUT2D eigenvalue weighted by Crippen LogP contribution is -2.44. The van der Waals surface area contributed by atoms with Crippen LogP contribution in [-0.4, -0.2) is 24.0 Å². The Morgan fingerprint density at radius 2 is 1.84 bits per heavy atom. The standard InChI is InChI=1S/C16H25FN2/c1-3-15(18)16(13-4-6-14(17)7-5-13)19-10-8-12(2)9-11-19/h4-7,12,15-16H,3,8-11,18H2,1-2H3. The Balaban J connectivity index is 2.18. The number of nitrogens with two attached hydrogens (primary N) is 1. The average Bonchev–Trinajstić information content (AvgIpc) is 2.43. The van der Waals surface area contributed by atoms with E-state index in [9.17, 15) is 4.39 Å². The lowest BCUT2D eigenvalue weighted by Gasteiger charge is -2.39. The first-order valence-electron chi connectivity index (χ1n) is 7.37. The van der Waals surface area contributed by atoms with E-state index in [1.165, 1.54) is 25.0 Å². The van der Waals surface area contributed by atoms with E-state index >= 15 is 0 Å². The minimum absolute atomic E-state index is 0.110. The molecule has 0 saturated carbocycles. The van der Waals surface area contributed by atoms with E-state index in [-0.39, 0.29) is 17.9 Å². The van der Waals surface area contributed by atoms with Gasteiger partial charge in [0.05, 0.1) is 0 Å². The first-order chi connectivity index (χ1) is 9.11. The van der Waals surface area contributed by atoms with E-state index in [0.717, 1.165) is 31.0 Å². The summed E-state index contributed by atoms with van der Waals surface area (Å²) < 4.78 is 13.1. The molecule has 1 saturated heterocycles. The number of hydrogen-bond donors (Lipinski definition) is 1. The molecule has 2 nitrogen and oxygen atoms in total. The topological polar surface area (TPSA) is 29.3 Å². The summed E-state index contributed by atoms with van der Waals surface area (Å²) in [5, 5.41) is 0. The molecule has 1 heterocycles. The summed E-state index contributed by atoms with van der Waals surface area (Å²) in [5.41, 5.74) is 7.46. The van der Waals surface area contributed by atoms with Gasteiger partial charge in [0.25, 0.3) is 0 Å². The van der Waals surface area contributed by atoms with Crippen LogP contribution in [0.5, 0.6) is 0 Å². The monoisotopic (exact) mass is 264 g/mol. The van der Waals surface area contributed by atoms with Crippen molar-refractivity contribution in [3.63, 3.8) is 0 Å². The number of likely N-dealkylation sites (tertiary alicyclic amines) is 1. The second-order valence-electron chi connectivity index (χ2n) is 5.79. The summed E-state index contributed by atoms with van der Waals surface area (Å²) in [6.07, 6.45) is 3.40. The largest absolute Gasteiger partial charge is 0.326 e. The molecule has 2 atom stereocenters. The van der Waals surface area contributed by atoms with Gasteiger partial charge >= 0.3 is 0 Å². The van der Waals surface area contributed by atoms with Gasteiger partial charge in [0.2, 0.25) is 0 Å². The Hall–Kier alpha value is -0.930. The molecule has 0 aromatic heterocycles. The Morgan fingerprint density at radius 3 is 2.37 bits per heavy atom. The van der Waals surface area contributed by atoms with Gasteiger partial charge in [-0.15, -0.1) is 0 Å². The summed E-state index contributed by atoms with van der Waals surface area (Å²) in [5.74, 6) is 0.628. The Morgan fingerprint density at radius 1 is 1.26 bits per heavy atom. The van der Waals surface area contributed by atoms with Crippen molar-refractivity contribution in [3.8, 4) is 0 Å². The van der Waals surface area contributed by atoms with E-state index < -0.39 is 0 Å². The fourth-order valence-corrected chi connectivity index (χ4v) is 2.92. The normalized spacial score (nSPS) is 21.3. The summed E-state index contributed by atoms with van der Waals surface area (Å²) in [7, 11) is 0. The van der Waals surface area contributed by atoms with Crippen LogP contribution < -0.4 is 5.73 Å². The zero-order valence-electron chi connectivity index (χ0n) is 12.0. The molecule has 0 radical (unpaired) electrons. The molecule has 106 valence electrons. The van der Waals surface area contributed by atoms with Crippen molar-refractivity contribution in [2.45, 2.75) is 45.2 Å². The number of nitrogens with zero attached hydrogens (tertiary/aromatic N) is 1. The highest BCUT2D eigenvalue weighted by molar-refractivity contribution is 5.22. The second-order valence-corrected chi connectivity index (χ2v) is 5.79. The highest BCUT2D eigenvalue weighted by atomic mass is 19.1. The summed E-state index contributed by atoms with van der Waals surface area (Å²) in [6.45, 7) is 6.62. The predicted octanol–water partition coefficient (Wildman–Crippen LogP) is 3.34. The van der Waals surface area contributed by atoms with Crippen molar-refractivity contribution in [1.29, 1.82) is 0 Å². The molecular formula is C16H25FN2. The highest BCUT2D eigenvalue weighted by Crippen LogP contribution is 2.29. The molecular weight excluding hydrogens is 239 g/mol. The van der Waals surface area contributed by atoms with Gasteiger partial charge < -0.3 is 5.73 Å². The van der Waals surface area contributed by atoms with E-state index in [4.69, 9.17) is 5.73 Å². The van der Waals surface area contributed by atoms with Gasteiger partial charge in [0, 0.05) is 12.1 Å².